The van der Waals surface area contributed by atoms with E-state index in [0.717, 1.165) is 47.2 Å². The summed E-state index contributed by atoms with van der Waals surface area (Å²) in [6.45, 7) is 0.902. The molecule has 1 aromatic rings. The summed E-state index contributed by atoms with van der Waals surface area (Å²) in [5, 5.41) is 1.16. The topological polar surface area (TPSA) is 9.23 Å². The summed E-state index contributed by atoms with van der Waals surface area (Å²) in [5.41, 5.74) is 1.51. The van der Waals surface area contributed by atoms with Crippen LogP contribution in [0.2, 0.25) is 0 Å². The maximum atomic E-state index is 6.16. The molecule has 164 valence electrons. The van der Waals surface area contributed by atoms with Crippen molar-refractivity contribution in [3.8, 4) is 5.75 Å². The van der Waals surface area contributed by atoms with E-state index in [1.165, 1.54) is 89.0 Å². The summed E-state index contributed by atoms with van der Waals surface area (Å²) in [4.78, 5) is 0. The molecule has 3 heteroatoms. The van der Waals surface area contributed by atoms with Gasteiger partial charge in [-0.05, 0) is 99.2 Å². The van der Waals surface area contributed by atoms with Gasteiger partial charge in [-0.2, -0.15) is 0 Å². The second kappa shape index (κ2) is 13.3. The molecule has 1 nitrogen and oxygen atoms in total. The highest BCUT2D eigenvalue weighted by Gasteiger charge is 2.23. The molecule has 1 aromatic carbocycles. The Labute approximate surface area is 192 Å². The summed E-state index contributed by atoms with van der Waals surface area (Å²) >= 11 is 9.40. The van der Waals surface area contributed by atoms with Crippen LogP contribution in [0.3, 0.4) is 0 Å². The van der Waals surface area contributed by atoms with Crippen LogP contribution in [-0.4, -0.2) is 17.8 Å². The first-order valence-corrected chi connectivity index (χ1v) is 13.8. The molecular weight excluding hydrogens is 444 g/mol. The molecule has 29 heavy (non-hydrogen) atoms. The largest absolute Gasteiger partial charge is 0.493 e. The summed E-state index contributed by atoms with van der Waals surface area (Å²) in [7, 11) is 0. The van der Waals surface area contributed by atoms with Crippen LogP contribution >= 0.6 is 27.5 Å². The van der Waals surface area contributed by atoms with Crippen molar-refractivity contribution in [1.82, 2.24) is 0 Å². The maximum absolute atomic E-state index is 6.16. The zero-order valence-electron chi connectivity index (χ0n) is 18.1. The Morgan fingerprint density at radius 3 is 1.97 bits per heavy atom. The van der Waals surface area contributed by atoms with Gasteiger partial charge in [0.15, 0.2) is 0 Å². The monoisotopic (exact) mass is 482 g/mol. The number of benzene rings is 1. The van der Waals surface area contributed by atoms with Crippen LogP contribution in [0.5, 0.6) is 5.75 Å². The predicted molar refractivity (Wildman–Crippen MR) is 130 cm³/mol. The van der Waals surface area contributed by atoms with Crippen molar-refractivity contribution >= 4 is 27.5 Å². The molecule has 0 saturated heterocycles. The lowest BCUT2D eigenvalue weighted by atomic mass is 9.77. The summed E-state index contributed by atoms with van der Waals surface area (Å²) in [6, 6.07) is 9.06. The molecule has 0 spiro atoms. The summed E-state index contributed by atoms with van der Waals surface area (Å²) < 4.78 is 6.16. The van der Waals surface area contributed by atoms with Crippen LogP contribution in [0, 0.1) is 17.8 Å². The van der Waals surface area contributed by atoms with Gasteiger partial charge in [-0.1, -0.05) is 53.7 Å². The first-order valence-electron chi connectivity index (χ1n) is 12.1. The van der Waals surface area contributed by atoms with Crippen LogP contribution < -0.4 is 4.74 Å². The number of hydrogen-bond acceptors (Lipinski definition) is 1. The van der Waals surface area contributed by atoms with Gasteiger partial charge in [0.25, 0.3) is 0 Å². The van der Waals surface area contributed by atoms with Crippen molar-refractivity contribution in [2.75, 3.05) is 17.8 Å². The Morgan fingerprint density at radius 1 is 0.759 bits per heavy atom. The van der Waals surface area contributed by atoms with Gasteiger partial charge in [-0.25, -0.2) is 0 Å². The lowest BCUT2D eigenvalue weighted by Gasteiger charge is -2.29. The van der Waals surface area contributed by atoms with Crippen LogP contribution in [0.15, 0.2) is 24.3 Å². The third kappa shape index (κ3) is 8.09. The van der Waals surface area contributed by atoms with Gasteiger partial charge >= 0.3 is 0 Å². The maximum Gasteiger partial charge on any atom is 0.119 e. The molecule has 0 atom stereocenters. The van der Waals surface area contributed by atoms with Gasteiger partial charge in [0.05, 0.1) is 6.61 Å². The van der Waals surface area contributed by atoms with Gasteiger partial charge in [-0.3, -0.25) is 0 Å². The van der Waals surface area contributed by atoms with Crippen molar-refractivity contribution < 1.29 is 4.74 Å². The molecule has 0 unspecified atom stereocenters. The zero-order valence-corrected chi connectivity index (χ0v) is 20.4. The highest BCUT2D eigenvalue weighted by molar-refractivity contribution is 9.09. The lowest BCUT2D eigenvalue weighted by molar-refractivity contribution is 0.178. The smallest absolute Gasteiger partial charge is 0.119 e. The Kier molecular flexibility index (Phi) is 10.7. The second-order valence-electron chi connectivity index (χ2n) is 9.50. The fraction of sp³-hybridized carbons (Fsp3) is 0.769. The molecule has 2 fully saturated rings. The Hall–Kier alpha value is -0.210. The molecule has 0 bridgehead atoms. The number of alkyl halides is 2. The van der Waals surface area contributed by atoms with Gasteiger partial charge in [-0.15, -0.1) is 11.6 Å². The summed E-state index contributed by atoms with van der Waals surface area (Å²) in [5.74, 6) is 5.26. The Bertz CT molecular complexity index is 544. The highest BCUT2D eigenvalue weighted by Crippen LogP contribution is 2.38. The molecular formula is C26H40BrClO. The molecule has 0 amide bonds. The fourth-order valence-electron chi connectivity index (χ4n) is 5.41. The number of unbranched alkanes of at least 4 members (excludes halogenated alkanes) is 1. The normalized spacial score (nSPS) is 27.7. The van der Waals surface area contributed by atoms with Crippen molar-refractivity contribution in [1.29, 1.82) is 0 Å². The van der Waals surface area contributed by atoms with Gasteiger partial charge in [0.1, 0.15) is 5.75 Å². The Morgan fingerprint density at radius 2 is 1.34 bits per heavy atom. The second-order valence-corrected chi connectivity index (χ2v) is 10.7. The van der Waals surface area contributed by atoms with Crippen molar-refractivity contribution in [3.63, 3.8) is 0 Å². The van der Waals surface area contributed by atoms with Crippen molar-refractivity contribution in [2.24, 2.45) is 17.8 Å². The molecule has 0 radical (unpaired) electrons. The van der Waals surface area contributed by atoms with Gasteiger partial charge in [0, 0.05) is 11.2 Å². The molecule has 0 aliphatic heterocycles. The van der Waals surface area contributed by atoms with E-state index < -0.39 is 0 Å². The minimum atomic E-state index is 0.746. The first kappa shape index (κ1) is 23.5. The third-order valence-corrected chi connectivity index (χ3v) is 8.22. The quantitative estimate of drug-likeness (QED) is 0.226. The molecule has 0 N–H and O–H groups in total. The standard InChI is InChI=1S/C26H40BrClO/c27-18-2-1-4-21-6-8-23(9-7-21)20-29-26-16-14-25(15-17-26)24-12-10-22(11-13-24)5-3-19-28/h14-17,21-24H,1-13,18-20H2/t21-,22-,23-,24-. The molecule has 3 rings (SSSR count). The minimum Gasteiger partial charge on any atom is -0.493 e. The Balaban J connectivity index is 1.34. The average Bonchev–Trinajstić information content (AvgIpc) is 2.78. The van der Waals surface area contributed by atoms with Crippen LogP contribution in [0.4, 0.5) is 0 Å². The number of rotatable bonds is 11. The minimum absolute atomic E-state index is 0.746. The molecule has 2 saturated carbocycles. The molecule has 2 aliphatic carbocycles. The third-order valence-electron chi connectivity index (χ3n) is 7.39. The molecule has 0 aromatic heterocycles. The van der Waals surface area contributed by atoms with E-state index >= 15 is 0 Å². The zero-order chi connectivity index (χ0) is 20.3. The van der Waals surface area contributed by atoms with Gasteiger partial charge < -0.3 is 4.74 Å². The van der Waals surface area contributed by atoms with E-state index in [0.29, 0.717) is 0 Å². The number of hydrogen-bond donors (Lipinski definition) is 0. The number of ether oxygens (including phenoxy) is 1. The van der Waals surface area contributed by atoms with E-state index in [4.69, 9.17) is 16.3 Å². The van der Waals surface area contributed by atoms with Gasteiger partial charge in [0.2, 0.25) is 0 Å². The van der Waals surface area contributed by atoms with E-state index in [1.807, 2.05) is 0 Å². The summed E-state index contributed by atoms with van der Waals surface area (Å²) in [6.07, 6.45) is 17.6. The van der Waals surface area contributed by atoms with Crippen molar-refractivity contribution in [3.05, 3.63) is 29.8 Å². The SMILES string of the molecule is ClCCC[C@H]1CC[C@H](c2ccc(OC[C@H]3CC[C@H](CCCCBr)CC3)cc2)CC1. The molecule has 2 aliphatic rings. The predicted octanol–water partition coefficient (Wildman–Crippen LogP) is 8.73. The van der Waals surface area contributed by atoms with E-state index in [9.17, 15) is 0 Å². The van der Waals surface area contributed by atoms with E-state index in [1.54, 1.807) is 0 Å². The van der Waals surface area contributed by atoms with Crippen LogP contribution in [-0.2, 0) is 0 Å². The lowest BCUT2D eigenvalue weighted by Crippen LogP contribution is -2.20. The average molecular weight is 484 g/mol. The first-order chi connectivity index (χ1) is 14.3. The number of halogens is 2. The van der Waals surface area contributed by atoms with Crippen LogP contribution in [0.1, 0.15) is 95.0 Å². The van der Waals surface area contributed by atoms with Crippen LogP contribution in [0.25, 0.3) is 0 Å². The fourth-order valence-corrected chi connectivity index (χ4v) is 5.97. The highest BCUT2D eigenvalue weighted by atomic mass is 79.9. The van der Waals surface area contributed by atoms with E-state index in [2.05, 4.69) is 40.2 Å². The van der Waals surface area contributed by atoms with E-state index in [-0.39, 0.29) is 0 Å². The van der Waals surface area contributed by atoms with Crippen molar-refractivity contribution in [2.45, 2.75) is 89.4 Å². The molecule has 0 heterocycles.